The smallest absolute Gasteiger partial charge is 0.409 e. The van der Waals surface area contributed by atoms with E-state index in [0.717, 1.165) is 38.5 Å². The minimum atomic E-state index is -0.296. The number of piperidine rings is 1. The Kier molecular flexibility index (Phi) is 5.45. The van der Waals surface area contributed by atoms with E-state index in [-0.39, 0.29) is 23.6 Å². The van der Waals surface area contributed by atoms with Crippen LogP contribution < -0.4 is 11.1 Å². The molecule has 2 rings (SSSR count). The molecule has 0 unspecified atom stereocenters. The number of ether oxygens (including phenoxy) is 1. The largest absolute Gasteiger partial charge is 0.450 e. The van der Waals surface area contributed by atoms with Crippen LogP contribution >= 0.6 is 0 Å². The highest BCUT2D eigenvalue weighted by molar-refractivity contribution is 5.77. The van der Waals surface area contributed by atoms with Crippen molar-refractivity contribution in [3.63, 3.8) is 0 Å². The van der Waals surface area contributed by atoms with E-state index < -0.39 is 0 Å². The number of hydrogen-bond acceptors (Lipinski definition) is 4. The summed E-state index contributed by atoms with van der Waals surface area (Å²) in [5.41, 5.74) is 5.93. The van der Waals surface area contributed by atoms with E-state index in [4.69, 9.17) is 10.5 Å². The molecule has 1 saturated carbocycles. The summed E-state index contributed by atoms with van der Waals surface area (Å²) in [5.74, 6) is 0.0500. The fourth-order valence-corrected chi connectivity index (χ4v) is 3.28. The van der Waals surface area contributed by atoms with Gasteiger partial charge in [0.2, 0.25) is 5.91 Å². The van der Waals surface area contributed by atoms with E-state index in [1.165, 1.54) is 0 Å². The number of likely N-dealkylation sites (tertiary alicyclic amines) is 1. The molecule has 1 heterocycles. The first-order valence-electron chi connectivity index (χ1n) is 8.02. The second-order valence-electron chi connectivity index (χ2n) is 6.27. The first-order chi connectivity index (χ1) is 10.0. The normalized spacial score (nSPS) is 22.1. The lowest BCUT2D eigenvalue weighted by Gasteiger charge is -2.32. The molecule has 2 amide bonds. The summed E-state index contributed by atoms with van der Waals surface area (Å²) >= 11 is 0. The third kappa shape index (κ3) is 4.59. The molecule has 0 aromatic heterocycles. The highest BCUT2D eigenvalue weighted by atomic mass is 16.6. The minimum absolute atomic E-state index is 0.0500. The van der Waals surface area contributed by atoms with Crippen LogP contribution in [0.25, 0.3) is 0 Å². The second-order valence-corrected chi connectivity index (χ2v) is 6.27. The van der Waals surface area contributed by atoms with E-state index >= 15 is 0 Å². The molecule has 0 atom stereocenters. The van der Waals surface area contributed by atoms with Crippen molar-refractivity contribution in [1.82, 2.24) is 10.2 Å². The van der Waals surface area contributed by atoms with Gasteiger partial charge in [-0.05, 0) is 32.6 Å². The molecule has 21 heavy (non-hydrogen) atoms. The summed E-state index contributed by atoms with van der Waals surface area (Å²) in [6.07, 6.45) is 5.87. The number of carbonyl (C=O) groups excluding carboxylic acids is 2. The first kappa shape index (κ1) is 16.1. The van der Waals surface area contributed by atoms with E-state index in [9.17, 15) is 9.59 Å². The van der Waals surface area contributed by atoms with Crippen LogP contribution in [0, 0.1) is 0 Å². The molecule has 1 aliphatic carbocycles. The number of nitrogens with two attached hydrogens (primary N) is 1. The van der Waals surface area contributed by atoms with Gasteiger partial charge in [-0.1, -0.05) is 12.8 Å². The lowest BCUT2D eigenvalue weighted by Crippen LogP contribution is -2.49. The number of carbonyl (C=O) groups is 2. The van der Waals surface area contributed by atoms with Gasteiger partial charge in [-0.3, -0.25) is 4.79 Å². The van der Waals surface area contributed by atoms with Gasteiger partial charge in [0.25, 0.3) is 0 Å². The summed E-state index contributed by atoms with van der Waals surface area (Å²) in [6, 6.07) is 0.146. The molecular formula is C15H27N3O3. The van der Waals surface area contributed by atoms with Crippen molar-refractivity contribution in [2.75, 3.05) is 19.7 Å². The van der Waals surface area contributed by atoms with Crippen LogP contribution in [0.2, 0.25) is 0 Å². The van der Waals surface area contributed by atoms with E-state index in [1.54, 1.807) is 11.8 Å². The predicted octanol–water partition coefficient (Wildman–Crippen LogP) is 1.39. The molecule has 2 fully saturated rings. The Labute approximate surface area is 126 Å². The molecule has 6 heteroatoms. The van der Waals surface area contributed by atoms with Gasteiger partial charge >= 0.3 is 6.09 Å². The fourth-order valence-electron chi connectivity index (χ4n) is 3.28. The molecular weight excluding hydrogens is 270 g/mol. The van der Waals surface area contributed by atoms with Gasteiger partial charge in [0.1, 0.15) is 0 Å². The van der Waals surface area contributed by atoms with Crippen LogP contribution in [0.4, 0.5) is 4.79 Å². The number of nitrogens with one attached hydrogen (secondary N) is 1. The zero-order valence-electron chi connectivity index (χ0n) is 12.9. The zero-order valence-corrected chi connectivity index (χ0v) is 12.9. The van der Waals surface area contributed by atoms with Crippen LogP contribution in [0.3, 0.4) is 0 Å². The van der Waals surface area contributed by atoms with Crippen molar-refractivity contribution in [3.05, 3.63) is 0 Å². The van der Waals surface area contributed by atoms with Gasteiger partial charge < -0.3 is 20.7 Å². The Morgan fingerprint density at radius 2 is 1.90 bits per heavy atom. The first-order valence-corrected chi connectivity index (χ1v) is 8.02. The molecule has 0 spiro atoms. The van der Waals surface area contributed by atoms with Gasteiger partial charge in [-0.25, -0.2) is 4.79 Å². The van der Waals surface area contributed by atoms with E-state index in [0.29, 0.717) is 26.1 Å². The number of nitrogens with zero attached hydrogens (tertiary/aromatic N) is 1. The Bertz CT molecular complexity index is 372. The van der Waals surface area contributed by atoms with Crippen LogP contribution in [0.15, 0.2) is 0 Å². The van der Waals surface area contributed by atoms with Gasteiger partial charge in [0, 0.05) is 31.1 Å². The van der Waals surface area contributed by atoms with Crippen LogP contribution in [-0.2, 0) is 9.53 Å². The standard InChI is InChI=1S/C15H27N3O3/c1-2-21-14(20)18-9-5-12(6-10-18)17-13(19)11-15(16)7-3-4-8-15/h12H,2-11,16H2,1H3,(H,17,19). The summed E-state index contributed by atoms with van der Waals surface area (Å²) < 4.78 is 4.98. The third-order valence-electron chi connectivity index (χ3n) is 4.50. The maximum Gasteiger partial charge on any atom is 0.409 e. The van der Waals surface area contributed by atoms with Gasteiger partial charge in [-0.15, -0.1) is 0 Å². The highest BCUT2D eigenvalue weighted by Gasteiger charge is 2.32. The van der Waals surface area contributed by atoms with Crippen LogP contribution in [-0.4, -0.2) is 48.2 Å². The van der Waals surface area contributed by atoms with Crippen molar-refractivity contribution < 1.29 is 14.3 Å². The van der Waals surface area contributed by atoms with Crippen molar-refractivity contribution >= 4 is 12.0 Å². The lowest BCUT2D eigenvalue weighted by molar-refractivity contribution is -0.123. The molecule has 0 bridgehead atoms. The quantitative estimate of drug-likeness (QED) is 0.821. The van der Waals surface area contributed by atoms with Gasteiger partial charge in [0.15, 0.2) is 0 Å². The third-order valence-corrected chi connectivity index (χ3v) is 4.50. The summed E-state index contributed by atoms with van der Waals surface area (Å²) in [6.45, 7) is 3.47. The minimum Gasteiger partial charge on any atom is -0.450 e. The Morgan fingerprint density at radius 3 is 2.48 bits per heavy atom. The molecule has 1 saturated heterocycles. The maximum atomic E-state index is 12.1. The number of hydrogen-bond donors (Lipinski definition) is 2. The molecule has 3 N–H and O–H groups in total. The molecule has 0 aromatic rings. The maximum absolute atomic E-state index is 12.1. The van der Waals surface area contributed by atoms with Gasteiger partial charge in [-0.2, -0.15) is 0 Å². The van der Waals surface area contributed by atoms with E-state index in [2.05, 4.69) is 5.32 Å². The Morgan fingerprint density at radius 1 is 1.29 bits per heavy atom. The summed E-state index contributed by atoms with van der Waals surface area (Å²) in [5, 5.41) is 3.06. The Hall–Kier alpha value is -1.30. The lowest BCUT2D eigenvalue weighted by atomic mass is 9.94. The van der Waals surface area contributed by atoms with Crippen molar-refractivity contribution in [2.45, 2.75) is 63.5 Å². The topological polar surface area (TPSA) is 84.7 Å². The Balaban J connectivity index is 1.70. The summed E-state index contributed by atoms with van der Waals surface area (Å²) in [7, 11) is 0. The zero-order chi connectivity index (χ0) is 15.3. The predicted molar refractivity (Wildman–Crippen MR) is 79.8 cm³/mol. The molecule has 1 aliphatic heterocycles. The summed E-state index contributed by atoms with van der Waals surface area (Å²) in [4.78, 5) is 25.4. The molecule has 0 aromatic carbocycles. The average Bonchev–Trinajstić information content (AvgIpc) is 2.86. The molecule has 0 radical (unpaired) electrons. The second kappa shape index (κ2) is 7.11. The number of rotatable bonds is 4. The van der Waals surface area contributed by atoms with Crippen LogP contribution in [0.5, 0.6) is 0 Å². The molecule has 120 valence electrons. The average molecular weight is 297 g/mol. The fraction of sp³-hybridized carbons (Fsp3) is 0.867. The highest BCUT2D eigenvalue weighted by Crippen LogP contribution is 2.30. The SMILES string of the molecule is CCOC(=O)N1CCC(NC(=O)CC2(N)CCCC2)CC1. The van der Waals surface area contributed by atoms with E-state index in [1.807, 2.05) is 0 Å². The van der Waals surface area contributed by atoms with Crippen molar-refractivity contribution in [2.24, 2.45) is 5.73 Å². The molecule has 2 aliphatic rings. The number of amides is 2. The van der Waals surface area contributed by atoms with Crippen molar-refractivity contribution in [3.8, 4) is 0 Å². The molecule has 6 nitrogen and oxygen atoms in total. The van der Waals surface area contributed by atoms with Crippen LogP contribution in [0.1, 0.15) is 51.9 Å². The monoisotopic (exact) mass is 297 g/mol. The van der Waals surface area contributed by atoms with Gasteiger partial charge in [0.05, 0.1) is 6.61 Å². The van der Waals surface area contributed by atoms with Crippen molar-refractivity contribution in [1.29, 1.82) is 0 Å².